The van der Waals surface area contributed by atoms with E-state index in [0.717, 1.165) is 27.9 Å². The molecule has 1 aliphatic rings. The molecule has 1 aliphatic heterocycles. The van der Waals surface area contributed by atoms with E-state index in [1.807, 2.05) is 42.5 Å². The number of carboxylic acid groups (broad SMARTS) is 1. The Morgan fingerprint density at radius 1 is 1.23 bits per heavy atom. The number of nitrogens with zero attached hydrogens (tertiary/aromatic N) is 3. The largest absolute Gasteiger partial charge is 0.496 e. The SMILES string of the molecule is COc1ccccc1[C@@H]1CN(Cc2ccc3nsnc3c2)C[C@H]1C(=O)O. The van der Waals surface area contributed by atoms with E-state index < -0.39 is 11.9 Å². The first-order chi connectivity index (χ1) is 12.7. The van der Waals surface area contributed by atoms with Crippen LogP contribution in [0.15, 0.2) is 42.5 Å². The number of fused-ring (bicyclic) bond motifs is 1. The molecule has 2 atom stereocenters. The summed E-state index contributed by atoms with van der Waals surface area (Å²) in [4.78, 5) is 14.0. The predicted molar refractivity (Wildman–Crippen MR) is 99.6 cm³/mol. The van der Waals surface area contributed by atoms with Gasteiger partial charge in [-0.05, 0) is 29.3 Å². The van der Waals surface area contributed by atoms with Gasteiger partial charge in [-0.15, -0.1) is 0 Å². The molecule has 1 aromatic heterocycles. The maximum absolute atomic E-state index is 11.8. The topological polar surface area (TPSA) is 75.5 Å². The van der Waals surface area contributed by atoms with Crippen LogP contribution in [0.4, 0.5) is 0 Å². The van der Waals surface area contributed by atoms with Crippen LogP contribution >= 0.6 is 11.7 Å². The van der Waals surface area contributed by atoms with Crippen molar-refractivity contribution in [1.29, 1.82) is 0 Å². The normalized spacial score (nSPS) is 20.5. The van der Waals surface area contributed by atoms with Crippen molar-refractivity contribution < 1.29 is 14.6 Å². The van der Waals surface area contributed by atoms with Crippen LogP contribution in [-0.2, 0) is 11.3 Å². The highest BCUT2D eigenvalue weighted by Crippen LogP contribution is 2.38. The average molecular weight is 369 g/mol. The molecular formula is C19H19N3O3S. The standard InChI is InChI=1S/C19H19N3O3S/c1-25-18-5-3-2-4-13(18)14-10-22(11-15(14)19(23)24)9-12-6-7-16-17(8-12)21-26-20-16/h2-8,14-15H,9-11H2,1H3,(H,23,24)/t14-,15+/m0/s1. The van der Waals surface area contributed by atoms with Crippen molar-refractivity contribution in [2.45, 2.75) is 12.5 Å². The summed E-state index contributed by atoms with van der Waals surface area (Å²) in [6, 6.07) is 13.7. The Kier molecular flexibility index (Phi) is 4.57. The number of hydrogen-bond donors (Lipinski definition) is 1. The fourth-order valence-corrected chi connectivity index (χ4v) is 4.25. The van der Waals surface area contributed by atoms with Crippen molar-refractivity contribution in [1.82, 2.24) is 13.6 Å². The lowest BCUT2D eigenvalue weighted by molar-refractivity contribution is -0.141. The monoisotopic (exact) mass is 369 g/mol. The van der Waals surface area contributed by atoms with Gasteiger partial charge in [0.25, 0.3) is 0 Å². The molecule has 0 saturated carbocycles. The summed E-state index contributed by atoms with van der Waals surface area (Å²) in [5.74, 6) is -0.549. The van der Waals surface area contributed by atoms with E-state index >= 15 is 0 Å². The molecule has 7 heteroatoms. The molecule has 1 saturated heterocycles. The van der Waals surface area contributed by atoms with E-state index in [1.165, 1.54) is 11.7 Å². The third kappa shape index (κ3) is 3.15. The Morgan fingerprint density at radius 3 is 2.85 bits per heavy atom. The van der Waals surface area contributed by atoms with Crippen molar-refractivity contribution in [3.63, 3.8) is 0 Å². The van der Waals surface area contributed by atoms with E-state index in [1.54, 1.807) is 7.11 Å². The van der Waals surface area contributed by atoms with E-state index in [4.69, 9.17) is 4.74 Å². The molecule has 1 N–H and O–H groups in total. The van der Waals surface area contributed by atoms with Crippen molar-refractivity contribution >= 4 is 28.7 Å². The van der Waals surface area contributed by atoms with Crippen LogP contribution in [-0.4, -0.2) is 44.9 Å². The minimum Gasteiger partial charge on any atom is -0.496 e. The predicted octanol–water partition coefficient (Wildman–Crippen LogP) is 3.00. The minimum absolute atomic E-state index is 0.0895. The maximum Gasteiger partial charge on any atom is 0.308 e. The number of carbonyl (C=O) groups is 1. The first kappa shape index (κ1) is 16.9. The second kappa shape index (κ2) is 7.01. The molecule has 2 heterocycles. The Bertz CT molecular complexity index is 942. The molecule has 3 aromatic rings. The highest BCUT2D eigenvalue weighted by Gasteiger charge is 2.39. The van der Waals surface area contributed by atoms with Gasteiger partial charge in [0.1, 0.15) is 16.8 Å². The molecule has 0 radical (unpaired) electrons. The van der Waals surface area contributed by atoms with Gasteiger partial charge in [-0.1, -0.05) is 24.3 Å². The molecule has 134 valence electrons. The maximum atomic E-state index is 11.8. The molecule has 0 unspecified atom stereocenters. The summed E-state index contributed by atoms with van der Waals surface area (Å²) in [5.41, 5.74) is 3.87. The highest BCUT2D eigenvalue weighted by molar-refractivity contribution is 7.00. The van der Waals surface area contributed by atoms with E-state index in [0.29, 0.717) is 19.6 Å². The second-order valence-electron chi connectivity index (χ2n) is 6.57. The summed E-state index contributed by atoms with van der Waals surface area (Å²) < 4.78 is 14.0. The Hall–Kier alpha value is -2.51. The third-order valence-corrected chi connectivity index (χ3v) is 5.53. The number of likely N-dealkylation sites (tertiary alicyclic amines) is 1. The zero-order valence-electron chi connectivity index (χ0n) is 14.3. The molecule has 0 amide bonds. The molecule has 0 spiro atoms. The third-order valence-electron chi connectivity index (χ3n) is 4.98. The Balaban J connectivity index is 1.58. The van der Waals surface area contributed by atoms with Crippen molar-refractivity contribution in [3.8, 4) is 5.75 Å². The summed E-state index contributed by atoms with van der Waals surface area (Å²) >= 11 is 1.21. The van der Waals surface area contributed by atoms with Gasteiger partial charge in [-0.2, -0.15) is 8.75 Å². The molecule has 6 nitrogen and oxygen atoms in total. The lowest BCUT2D eigenvalue weighted by Crippen LogP contribution is -2.23. The first-order valence-corrected chi connectivity index (χ1v) is 9.18. The zero-order valence-corrected chi connectivity index (χ0v) is 15.1. The van der Waals surface area contributed by atoms with Crippen molar-refractivity contribution in [3.05, 3.63) is 53.6 Å². The van der Waals surface area contributed by atoms with Crippen molar-refractivity contribution in [2.24, 2.45) is 5.92 Å². The number of ether oxygens (including phenoxy) is 1. The second-order valence-corrected chi connectivity index (χ2v) is 7.10. The summed E-state index contributed by atoms with van der Waals surface area (Å²) in [6.07, 6.45) is 0. The van der Waals surface area contributed by atoms with Crippen LogP contribution in [0.3, 0.4) is 0 Å². The molecule has 1 fully saturated rings. The van der Waals surface area contributed by atoms with Gasteiger partial charge < -0.3 is 9.84 Å². The lowest BCUT2D eigenvalue weighted by atomic mass is 9.88. The fraction of sp³-hybridized carbons (Fsp3) is 0.316. The minimum atomic E-state index is -0.762. The van der Waals surface area contributed by atoms with Crippen LogP contribution in [0, 0.1) is 5.92 Å². The van der Waals surface area contributed by atoms with Crippen LogP contribution < -0.4 is 4.74 Å². The number of carboxylic acids is 1. The number of rotatable bonds is 5. The molecule has 0 aliphatic carbocycles. The summed E-state index contributed by atoms with van der Waals surface area (Å²) in [5, 5.41) is 9.72. The molecular weight excluding hydrogens is 350 g/mol. The van der Waals surface area contributed by atoms with Gasteiger partial charge >= 0.3 is 5.97 Å². The number of aromatic nitrogens is 2. The molecule has 4 rings (SSSR count). The molecule has 0 bridgehead atoms. The van der Waals surface area contributed by atoms with Crippen LogP contribution in [0.5, 0.6) is 5.75 Å². The number of para-hydroxylation sites is 1. The summed E-state index contributed by atoms with van der Waals surface area (Å²) in [6.45, 7) is 1.90. The first-order valence-electron chi connectivity index (χ1n) is 8.45. The Morgan fingerprint density at radius 2 is 2.04 bits per heavy atom. The van der Waals surface area contributed by atoms with E-state index in [-0.39, 0.29) is 5.92 Å². The van der Waals surface area contributed by atoms with Gasteiger partial charge in [0.2, 0.25) is 0 Å². The van der Waals surface area contributed by atoms with Crippen LogP contribution in [0.25, 0.3) is 11.0 Å². The Labute approximate surface area is 155 Å². The smallest absolute Gasteiger partial charge is 0.308 e. The number of methoxy groups -OCH3 is 1. The van der Waals surface area contributed by atoms with Crippen LogP contribution in [0.2, 0.25) is 0 Å². The quantitative estimate of drug-likeness (QED) is 0.745. The van der Waals surface area contributed by atoms with Gasteiger partial charge in [0, 0.05) is 25.6 Å². The van der Waals surface area contributed by atoms with Gasteiger partial charge in [0.15, 0.2) is 0 Å². The highest BCUT2D eigenvalue weighted by atomic mass is 32.1. The van der Waals surface area contributed by atoms with E-state index in [9.17, 15) is 9.90 Å². The van der Waals surface area contributed by atoms with Crippen LogP contribution in [0.1, 0.15) is 17.0 Å². The number of aliphatic carboxylic acids is 1. The van der Waals surface area contributed by atoms with Gasteiger partial charge in [-0.25, -0.2) is 0 Å². The lowest BCUT2D eigenvalue weighted by Gasteiger charge is -2.18. The van der Waals surface area contributed by atoms with E-state index in [2.05, 4.69) is 13.6 Å². The van der Waals surface area contributed by atoms with Gasteiger partial charge in [-0.3, -0.25) is 9.69 Å². The number of benzene rings is 2. The number of hydrogen-bond acceptors (Lipinski definition) is 6. The molecule has 26 heavy (non-hydrogen) atoms. The summed E-state index contributed by atoms with van der Waals surface area (Å²) in [7, 11) is 1.62. The zero-order chi connectivity index (χ0) is 18.1. The average Bonchev–Trinajstić information content (AvgIpc) is 3.28. The van der Waals surface area contributed by atoms with Crippen molar-refractivity contribution in [2.75, 3.05) is 20.2 Å². The fourth-order valence-electron chi connectivity index (χ4n) is 3.74. The molecule has 2 aromatic carbocycles. The van der Waals surface area contributed by atoms with Gasteiger partial charge in [0.05, 0.1) is 24.8 Å².